The number of hydrogen-bond donors (Lipinski definition) is 2. The van der Waals surface area contributed by atoms with Crippen LogP contribution < -0.4 is 5.32 Å². The number of anilines is 1. The fourth-order valence-corrected chi connectivity index (χ4v) is 3.62. The van der Waals surface area contributed by atoms with E-state index in [1.54, 1.807) is 11.3 Å². The Kier molecular flexibility index (Phi) is 5.85. The summed E-state index contributed by atoms with van der Waals surface area (Å²) in [7, 11) is 1.97. The Bertz CT molecular complexity index is 839. The van der Waals surface area contributed by atoms with E-state index in [1.165, 1.54) is 5.56 Å². The van der Waals surface area contributed by atoms with Crippen LogP contribution in [0.15, 0.2) is 47.8 Å². The number of thiophene rings is 1. The van der Waals surface area contributed by atoms with Crippen molar-refractivity contribution in [2.24, 2.45) is 0 Å². The number of rotatable bonds is 7. The lowest BCUT2D eigenvalue weighted by Crippen LogP contribution is -2.41. The molecule has 3 rings (SSSR count). The maximum absolute atomic E-state index is 12.7. The number of nitrogens with one attached hydrogen (secondary N) is 2. The van der Waals surface area contributed by atoms with Crippen LogP contribution in [0, 0.1) is 6.92 Å². The van der Waals surface area contributed by atoms with Crippen LogP contribution in [0.25, 0.3) is 10.6 Å². The zero-order chi connectivity index (χ0) is 18.5. The van der Waals surface area contributed by atoms with Crippen LogP contribution in [0.2, 0.25) is 0 Å². The number of carbonyl (C=O) groups excluding carboxylic acids is 1. The minimum Gasteiger partial charge on any atom is -0.325 e. The maximum atomic E-state index is 12.7. The van der Waals surface area contributed by atoms with Gasteiger partial charge in [0.25, 0.3) is 0 Å². The van der Waals surface area contributed by atoms with E-state index in [9.17, 15) is 4.79 Å². The molecule has 0 saturated carbocycles. The summed E-state index contributed by atoms with van der Waals surface area (Å²) >= 11 is 1.67. The van der Waals surface area contributed by atoms with Crippen molar-refractivity contribution in [3.8, 4) is 10.6 Å². The molecular formula is C20H24N4OS. The van der Waals surface area contributed by atoms with Crippen molar-refractivity contribution in [2.45, 2.75) is 32.9 Å². The topological polar surface area (TPSA) is 61.0 Å². The Labute approximate surface area is 158 Å². The third-order valence-corrected chi connectivity index (χ3v) is 5.26. The Balaban J connectivity index is 1.63. The van der Waals surface area contributed by atoms with Crippen molar-refractivity contribution in [1.82, 2.24) is 15.1 Å². The lowest BCUT2D eigenvalue weighted by Gasteiger charge is -2.25. The van der Waals surface area contributed by atoms with Crippen LogP contribution in [0.5, 0.6) is 0 Å². The van der Waals surface area contributed by atoms with Crippen LogP contribution >= 0.6 is 11.3 Å². The highest BCUT2D eigenvalue weighted by Crippen LogP contribution is 2.23. The summed E-state index contributed by atoms with van der Waals surface area (Å²) in [6.45, 7) is 4.70. The Morgan fingerprint density at radius 2 is 2.08 bits per heavy atom. The van der Waals surface area contributed by atoms with Crippen LogP contribution in [-0.4, -0.2) is 34.1 Å². The SMILES string of the molecule is CC[C@H](C(=O)Nc1ccc(C)cc1)N(C)Cc1cc(-c2cccs2)n[nH]1. The van der Waals surface area contributed by atoms with Gasteiger partial charge in [0.2, 0.25) is 5.91 Å². The van der Waals surface area contributed by atoms with Gasteiger partial charge in [-0.2, -0.15) is 5.10 Å². The van der Waals surface area contributed by atoms with E-state index >= 15 is 0 Å². The number of benzene rings is 1. The second-order valence-electron chi connectivity index (χ2n) is 6.45. The first-order chi connectivity index (χ1) is 12.6. The van der Waals surface area contributed by atoms with Gasteiger partial charge in [-0.1, -0.05) is 30.7 Å². The minimum absolute atomic E-state index is 0.0110. The fraction of sp³-hybridized carbons (Fsp3) is 0.300. The highest BCUT2D eigenvalue weighted by molar-refractivity contribution is 7.13. The first-order valence-corrected chi connectivity index (χ1v) is 9.60. The fourth-order valence-electron chi connectivity index (χ4n) is 2.93. The average molecular weight is 369 g/mol. The second-order valence-corrected chi connectivity index (χ2v) is 7.40. The average Bonchev–Trinajstić information content (AvgIpc) is 3.29. The van der Waals surface area contributed by atoms with Crippen molar-refractivity contribution < 1.29 is 4.79 Å². The van der Waals surface area contributed by atoms with Crippen LogP contribution in [-0.2, 0) is 11.3 Å². The molecule has 6 heteroatoms. The molecule has 0 saturated heterocycles. The zero-order valence-electron chi connectivity index (χ0n) is 15.3. The zero-order valence-corrected chi connectivity index (χ0v) is 16.1. The number of likely N-dealkylation sites (N-methyl/N-ethyl adjacent to an activating group) is 1. The standard InChI is InChI=1S/C20H24N4OS/c1-4-18(20(25)21-15-9-7-14(2)8-10-15)24(3)13-16-12-17(23-22-16)19-6-5-11-26-19/h5-12,18H,4,13H2,1-3H3,(H,21,25)(H,22,23)/t18-/m1/s1. The molecular weight excluding hydrogens is 344 g/mol. The maximum Gasteiger partial charge on any atom is 0.241 e. The number of amides is 1. The molecule has 2 N–H and O–H groups in total. The summed E-state index contributed by atoms with van der Waals surface area (Å²) in [6.07, 6.45) is 0.736. The van der Waals surface area contributed by atoms with Crippen molar-refractivity contribution in [3.63, 3.8) is 0 Å². The van der Waals surface area contributed by atoms with Crippen LogP contribution in [0.3, 0.4) is 0 Å². The van der Waals surface area contributed by atoms with Crippen LogP contribution in [0.1, 0.15) is 24.6 Å². The predicted octanol–water partition coefficient (Wildman–Crippen LogP) is 4.30. The van der Waals surface area contributed by atoms with Gasteiger partial charge < -0.3 is 5.32 Å². The molecule has 1 aromatic carbocycles. The predicted molar refractivity (Wildman–Crippen MR) is 107 cm³/mol. The molecule has 3 aromatic rings. The van der Waals surface area contributed by atoms with Gasteiger partial charge in [-0.15, -0.1) is 11.3 Å². The first kappa shape index (κ1) is 18.4. The summed E-state index contributed by atoms with van der Waals surface area (Å²) in [5.41, 5.74) is 3.94. The molecule has 5 nitrogen and oxygen atoms in total. The number of aromatic nitrogens is 2. The van der Waals surface area contributed by atoms with E-state index < -0.39 is 0 Å². The third kappa shape index (κ3) is 4.39. The van der Waals surface area contributed by atoms with E-state index in [0.29, 0.717) is 6.54 Å². The lowest BCUT2D eigenvalue weighted by atomic mass is 10.1. The molecule has 0 radical (unpaired) electrons. The molecule has 0 aliphatic carbocycles. The van der Waals surface area contributed by atoms with Crippen molar-refractivity contribution >= 4 is 22.9 Å². The van der Waals surface area contributed by atoms with Crippen molar-refractivity contribution in [2.75, 3.05) is 12.4 Å². The largest absolute Gasteiger partial charge is 0.325 e. The van der Waals surface area contributed by atoms with Gasteiger partial charge in [0, 0.05) is 17.9 Å². The summed E-state index contributed by atoms with van der Waals surface area (Å²) in [4.78, 5) is 15.9. The van der Waals surface area contributed by atoms with E-state index in [0.717, 1.165) is 28.4 Å². The van der Waals surface area contributed by atoms with E-state index in [1.807, 2.05) is 62.7 Å². The number of aromatic amines is 1. The van der Waals surface area contributed by atoms with Crippen molar-refractivity contribution in [1.29, 1.82) is 0 Å². The highest BCUT2D eigenvalue weighted by Gasteiger charge is 2.22. The molecule has 1 atom stereocenters. The Hall–Kier alpha value is -2.44. The molecule has 0 spiro atoms. The summed E-state index contributed by atoms with van der Waals surface area (Å²) < 4.78 is 0. The molecule has 0 unspecified atom stereocenters. The van der Waals surface area contributed by atoms with Gasteiger partial charge in [-0.05, 0) is 50.0 Å². The number of nitrogens with zero attached hydrogens (tertiary/aromatic N) is 2. The molecule has 0 fully saturated rings. The van der Waals surface area contributed by atoms with Crippen molar-refractivity contribution in [3.05, 3.63) is 59.1 Å². The van der Waals surface area contributed by atoms with Gasteiger partial charge in [-0.3, -0.25) is 14.8 Å². The normalized spacial score (nSPS) is 12.3. The lowest BCUT2D eigenvalue weighted by molar-refractivity contribution is -0.121. The van der Waals surface area contributed by atoms with Gasteiger partial charge in [0.15, 0.2) is 0 Å². The number of hydrogen-bond acceptors (Lipinski definition) is 4. The van der Waals surface area contributed by atoms with Gasteiger partial charge in [-0.25, -0.2) is 0 Å². The quantitative estimate of drug-likeness (QED) is 0.654. The molecule has 0 aliphatic rings. The van der Waals surface area contributed by atoms with E-state index in [-0.39, 0.29) is 11.9 Å². The molecule has 136 valence electrons. The Morgan fingerprint density at radius 1 is 1.31 bits per heavy atom. The summed E-state index contributed by atoms with van der Waals surface area (Å²) in [5.74, 6) is 0.0110. The van der Waals surface area contributed by atoms with Gasteiger partial charge in [0.05, 0.1) is 10.9 Å². The first-order valence-electron chi connectivity index (χ1n) is 8.72. The molecule has 26 heavy (non-hydrogen) atoms. The summed E-state index contributed by atoms with van der Waals surface area (Å²) in [6, 6.07) is 13.8. The molecule has 2 aromatic heterocycles. The number of aryl methyl sites for hydroxylation is 1. The van der Waals surface area contributed by atoms with E-state index in [4.69, 9.17) is 0 Å². The highest BCUT2D eigenvalue weighted by atomic mass is 32.1. The monoisotopic (exact) mass is 368 g/mol. The second kappa shape index (κ2) is 8.29. The molecule has 0 bridgehead atoms. The number of carbonyl (C=O) groups is 1. The van der Waals surface area contributed by atoms with E-state index in [2.05, 4.69) is 26.5 Å². The third-order valence-electron chi connectivity index (χ3n) is 4.36. The minimum atomic E-state index is -0.204. The molecule has 0 aliphatic heterocycles. The van der Waals surface area contributed by atoms with Gasteiger partial charge in [0.1, 0.15) is 5.69 Å². The number of H-pyrrole nitrogens is 1. The Morgan fingerprint density at radius 3 is 2.73 bits per heavy atom. The molecule has 2 heterocycles. The summed E-state index contributed by atoms with van der Waals surface area (Å²) in [5, 5.41) is 12.5. The molecule has 1 amide bonds. The van der Waals surface area contributed by atoms with Gasteiger partial charge >= 0.3 is 0 Å². The van der Waals surface area contributed by atoms with Crippen LogP contribution in [0.4, 0.5) is 5.69 Å². The smallest absolute Gasteiger partial charge is 0.241 e.